The molecule has 0 aromatic heterocycles. The topological polar surface area (TPSA) is 52.9 Å². The predicted octanol–water partition coefficient (Wildman–Crippen LogP) is 4.29. The third kappa shape index (κ3) is 6.54. The predicted molar refractivity (Wildman–Crippen MR) is 130 cm³/mol. The van der Waals surface area contributed by atoms with Crippen molar-refractivity contribution in [1.29, 1.82) is 0 Å². The SMILES string of the molecule is Cc1cccc(C[C@@H](O)/C=C/[C@@H]2[C@H]3CC(CCOCCN4CCCCC4)=C[C@H]3C[C@H]2O)c1. The van der Waals surface area contributed by atoms with E-state index >= 15 is 0 Å². The summed E-state index contributed by atoms with van der Waals surface area (Å²) in [6.07, 6.45) is 13.2. The summed E-state index contributed by atoms with van der Waals surface area (Å²) in [5.41, 5.74) is 3.86. The number of allylic oxidation sites excluding steroid dienone is 1. The second-order valence-corrected chi connectivity index (χ2v) is 10.1. The number of aryl methyl sites for hydroxylation is 1. The average molecular weight is 440 g/mol. The van der Waals surface area contributed by atoms with Crippen molar-refractivity contribution >= 4 is 0 Å². The zero-order valence-corrected chi connectivity index (χ0v) is 19.7. The summed E-state index contributed by atoms with van der Waals surface area (Å²) in [4.78, 5) is 2.52. The van der Waals surface area contributed by atoms with E-state index in [1.165, 1.54) is 43.5 Å². The molecule has 176 valence electrons. The molecule has 1 aromatic rings. The van der Waals surface area contributed by atoms with Crippen LogP contribution in [0.1, 0.15) is 49.7 Å². The maximum absolute atomic E-state index is 10.6. The summed E-state index contributed by atoms with van der Waals surface area (Å²) in [6, 6.07) is 8.30. The molecule has 1 heterocycles. The Morgan fingerprint density at radius 2 is 2.03 bits per heavy atom. The van der Waals surface area contributed by atoms with Crippen LogP contribution in [-0.4, -0.2) is 60.2 Å². The van der Waals surface area contributed by atoms with Gasteiger partial charge in [0.15, 0.2) is 0 Å². The number of nitrogens with zero attached hydrogens (tertiary/aromatic N) is 1. The summed E-state index contributed by atoms with van der Waals surface area (Å²) in [5.74, 6) is 1.08. The van der Waals surface area contributed by atoms with E-state index in [0.717, 1.165) is 44.6 Å². The lowest BCUT2D eigenvalue weighted by Crippen LogP contribution is -2.32. The van der Waals surface area contributed by atoms with Crippen LogP contribution in [0.2, 0.25) is 0 Å². The molecule has 0 bridgehead atoms. The van der Waals surface area contributed by atoms with E-state index in [9.17, 15) is 10.2 Å². The largest absolute Gasteiger partial charge is 0.392 e. The third-order valence-corrected chi connectivity index (χ3v) is 7.60. The number of ether oxygens (including phenoxy) is 1. The van der Waals surface area contributed by atoms with Gasteiger partial charge in [-0.15, -0.1) is 0 Å². The molecule has 0 amide bonds. The highest BCUT2D eigenvalue weighted by Crippen LogP contribution is 2.47. The first kappa shape index (κ1) is 23.7. The van der Waals surface area contributed by atoms with Crippen LogP contribution in [0.5, 0.6) is 0 Å². The zero-order valence-electron chi connectivity index (χ0n) is 19.7. The average Bonchev–Trinajstić information content (AvgIpc) is 3.29. The van der Waals surface area contributed by atoms with E-state index < -0.39 is 6.10 Å². The fourth-order valence-electron chi connectivity index (χ4n) is 5.88. The van der Waals surface area contributed by atoms with Gasteiger partial charge in [0.1, 0.15) is 0 Å². The lowest BCUT2D eigenvalue weighted by Gasteiger charge is -2.26. The fraction of sp³-hybridized carbons (Fsp3) is 0.643. The summed E-state index contributed by atoms with van der Waals surface area (Å²) in [6.45, 7) is 7.24. The number of rotatable bonds is 10. The van der Waals surface area contributed by atoms with E-state index in [1.807, 2.05) is 12.1 Å². The number of aliphatic hydroxyl groups is 2. The molecule has 0 radical (unpaired) electrons. The Hall–Kier alpha value is -1.46. The molecule has 0 spiro atoms. The monoisotopic (exact) mass is 439 g/mol. The van der Waals surface area contributed by atoms with Gasteiger partial charge in [0.25, 0.3) is 0 Å². The highest BCUT2D eigenvalue weighted by molar-refractivity contribution is 5.24. The van der Waals surface area contributed by atoms with Gasteiger partial charge in [0, 0.05) is 18.9 Å². The van der Waals surface area contributed by atoms with Gasteiger partial charge in [-0.2, -0.15) is 0 Å². The van der Waals surface area contributed by atoms with Gasteiger partial charge in [-0.25, -0.2) is 0 Å². The van der Waals surface area contributed by atoms with Crippen molar-refractivity contribution in [3.63, 3.8) is 0 Å². The van der Waals surface area contributed by atoms with Crippen LogP contribution in [0.4, 0.5) is 0 Å². The molecule has 2 N–H and O–H groups in total. The van der Waals surface area contributed by atoms with Crippen molar-refractivity contribution in [3.8, 4) is 0 Å². The zero-order chi connectivity index (χ0) is 22.3. The van der Waals surface area contributed by atoms with Crippen LogP contribution >= 0.6 is 0 Å². The third-order valence-electron chi connectivity index (χ3n) is 7.60. The van der Waals surface area contributed by atoms with Crippen molar-refractivity contribution in [2.45, 2.75) is 64.1 Å². The van der Waals surface area contributed by atoms with Crippen LogP contribution in [0.15, 0.2) is 48.1 Å². The molecule has 32 heavy (non-hydrogen) atoms. The first-order valence-corrected chi connectivity index (χ1v) is 12.7. The molecule has 4 heteroatoms. The van der Waals surface area contributed by atoms with Crippen molar-refractivity contribution in [1.82, 2.24) is 4.90 Å². The molecule has 1 saturated heterocycles. The number of hydrogen-bond donors (Lipinski definition) is 2. The minimum atomic E-state index is -0.509. The molecule has 3 aliphatic rings. The van der Waals surface area contributed by atoms with Gasteiger partial charge in [0.05, 0.1) is 25.4 Å². The van der Waals surface area contributed by atoms with Crippen molar-refractivity contribution < 1.29 is 14.9 Å². The first-order chi connectivity index (χ1) is 15.6. The number of likely N-dealkylation sites (tertiary alicyclic amines) is 1. The van der Waals surface area contributed by atoms with Crippen LogP contribution in [-0.2, 0) is 11.2 Å². The number of aliphatic hydroxyl groups excluding tert-OH is 2. The lowest BCUT2D eigenvalue weighted by atomic mass is 9.88. The second kappa shape index (κ2) is 11.6. The van der Waals surface area contributed by atoms with E-state index in [0.29, 0.717) is 18.3 Å². The Balaban J connectivity index is 1.19. The van der Waals surface area contributed by atoms with Crippen LogP contribution in [0, 0.1) is 24.7 Å². The molecule has 1 saturated carbocycles. The van der Waals surface area contributed by atoms with E-state index in [-0.39, 0.29) is 12.0 Å². The summed E-state index contributed by atoms with van der Waals surface area (Å²) in [5, 5.41) is 21.1. The summed E-state index contributed by atoms with van der Waals surface area (Å²) < 4.78 is 5.93. The number of benzene rings is 1. The molecule has 4 rings (SSSR count). The van der Waals surface area contributed by atoms with E-state index in [4.69, 9.17) is 4.74 Å². The van der Waals surface area contributed by atoms with Crippen molar-refractivity contribution in [2.75, 3.05) is 32.8 Å². The van der Waals surface area contributed by atoms with Gasteiger partial charge in [-0.3, -0.25) is 0 Å². The Labute approximate surface area is 194 Å². The summed E-state index contributed by atoms with van der Waals surface area (Å²) >= 11 is 0. The van der Waals surface area contributed by atoms with Crippen LogP contribution in [0.3, 0.4) is 0 Å². The van der Waals surface area contributed by atoms with Gasteiger partial charge in [-0.05, 0) is 69.5 Å². The van der Waals surface area contributed by atoms with Gasteiger partial charge in [0.2, 0.25) is 0 Å². The Morgan fingerprint density at radius 1 is 1.19 bits per heavy atom. The molecule has 1 aliphatic heterocycles. The lowest BCUT2D eigenvalue weighted by molar-refractivity contribution is 0.0978. The smallest absolute Gasteiger partial charge is 0.0761 e. The number of hydrogen-bond acceptors (Lipinski definition) is 4. The molecular weight excluding hydrogens is 398 g/mol. The van der Waals surface area contributed by atoms with Crippen molar-refractivity contribution in [3.05, 3.63) is 59.2 Å². The molecule has 1 aromatic carbocycles. The Kier molecular flexibility index (Phi) is 8.59. The van der Waals surface area contributed by atoms with E-state index in [1.54, 1.807) is 0 Å². The highest BCUT2D eigenvalue weighted by Gasteiger charge is 2.43. The van der Waals surface area contributed by atoms with Crippen LogP contribution in [0.25, 0.3) is 0 Å². The summed E-state index contributed by atoms with van der Waals surface area (Å²) in [7, 11) is 0. The molecule has 4 nitrogen and oxygen atoms in total. The first-order valence-electron chi connectivity index (χ1n) is 12.7. The highest BCUT2D eigenvalue weighted by atomic mass is 16.5. The molecule has 2 fully saturated rings. The van der Waals surface area contributed by atoms with Gasteiger partial charge in [-0.1, -0.05) is 60.1 Å². The van der Waals surface area contributed by atoms with Gasteiger partial charge >= 0.3 is 0 Å². The van der Waals surface area contributed by atoms with Gasteiger partial charge < -0.3 is 19.8 Å². The van der Waals surface area contributed by atoms with E-state index in [2.05, 4.69) is 42.2 Å². The Bertz CT molecular complexity index is 783. The quantitative estimate of drug-likeness (QED) is 0.422. The number of piperidine rings is 1. The minimum absolute atomic E-state index is 0.140. The molecule has 2 aliphatic carbocycles. The molecule has 5 atom stereocenters. The Morgan fingerprint density at radius 3 is 2.84 bits per heavy atom. The number of fused-ring (bicyclic) bond motifs is 1. The molecule has 0 unspecified atom stereocenters. The maximum atomic E-state index is 10.6. The minimum Gasteiger partial charge on any atom is -0.392 e. The fourth-order valence-corrected chi connectivity index (χ4v) is 5.88. The standard InChI is InChI=1S/C28H41NO3/c1-21-6-5-7-22(16-21)18-25(30)8-9-26-27-19-23(17-24(27)20-28(26)31)10-14-32-15-13-29-11-3-2-4-12-29/h5-9,16-17,24-28,30-31H,2-4,10-15,18-20H2,1H3/b9-8+/t24-,25-,26+,27-,28+/m0/s1. The molecular formula is C28H41NO3. The normalized spacial score (nSPS) is 29.4. The van der Waals surface area contributed by atoms with Crippen molar-refractivity contribution in [2.24, 2.45) is 17.8 Å². The second-order valence-electron chi connectivity index (χ2n) is 10.1. The maximum Gasteiger partial charge on any atom is 0.0761 e. The van der Waals surface area contributed by atoms with Crippen LogP contribution < -0.4 is 0 Å².